The molecule has 0 saturated heterocycles. The average molecular weight is 326 g/mol. The maximum absolute atomic E-state index is 10.1. The van der Waals surface area contributed by atoms with Gasteiger partial charge in [-0.15, -0.1) is 0 Å². The van der Waals surface area contributed by atoms with Gasteiger partial charge in [0, 0.05) is 16.7 Å². The van der Waals surface area contributed by atoms with Crippen LogP contribution in [0.3, 0.4) is 0 Å². The van der Waals surface area contributed by atoms with Crippen LogP contribution >= 0.6 is 0 Å². The molecule has 1 N–H and O–H groups in total. The molecule has 4 rings (SSSR count). The first kappa shape index (κ1) is 15.4. The average Bonchev–Trinajstić information content (AvgIpc) is 3.09. The summed E-state index contributed by atoms with van der Waals surface area (Å²) >= 11 is 0. The third-order valence-electron chi connectivity index (χ3n) is 4.24. The lowest BCUT2D eigenvalue weighted by molar-refractivity contribution is 0.283. The van der Waals surface area contributed by atoms with Crippen molar-refractivity contribution in [2.45, 2.75) is 6.61 Å². The molecule has 0 amide bonds. The molecule has 0 atom stereocenters. The van der Waals surface area contributed by atoms with Crippen LogP contribution in [-0.2, 0) is 6.61 Å². The first-order chi connectivity index (χ1) is 12.4. The van der Waals surface area contributed by atoms with E-state index in [1.165, 1.54) is 0 Å². The zero-order valence-electron chi connectivity index (χ0n) is 13.7. The molecule has 0 radical (unpaired) electrons. The Morgan fingerprint density at radius 3 is 1.76 bits per heavy atom. The summed E-state index contributed by atoms with van der Waals surface area (Å²) in [6, 6.07) is 30.1. The highest BCUT2D eigenvalue weighted by Gasteiger charge is 2.20. The number of hydrogen-bond acceptors (Lipinski definition) is 2. The quantitative estimate of drug-likeness (QED) is 0.590. The van der Waals surface area contributed by atoms with E-state index in [0.29, 0.717) is 0 Å². The van der Waals surface area contributed by atoms with Crippen molar-refractivity contribution in [3.8, 4) is 28.2 Å². The van der Waals surface area contributed by atoms with Gasteiger partial charge < -0.3 is 5.11 Å². The van der Waals surface area contributed by atoms with Gasteiger partial charge in [-0.1, -0.05) is 78.9 Å². The lowest BCUT2D eigenvalue weighted by Crippen LogP contribution is -1.99. The number of aliphatic hydroxyl groups excluding tert-OH is 1. The highest BCUT2D eigenvalue weighted by Crippen LogP contribution is 2.34. The zero-order chi connectivity index (χ0) is 17.1. The molecule has 0 fully saturated rings. The fourth-order valence-corrected chi connectivity index (χ4v) is 3.08. The second kappa shape index (κ2) is 6.75. The maximum Gasteiger partial charge on any atom is 0.0989 e. The zero-order valence-corrected chi connectivity index (χ0v) is 13.7. The van der Waals surface area contributed by atoms with Gasteiger partial charge in [-0.25, -0.2) is 4.68 Å². The number of rotatable bonds is 4. The molecule has 0 aliphatic carbocycles. The highest BCUT2D eigenvalue weighted by atomic mass is 16.3. The van der Waals surface area contributed by atoms with Crippen LogP contribution in [0.1, 0.15) is 5.56 Å². The number of aliphatic hydroxyl groups is 1. The molecule has 0 aliphatic heterocycles. The fraction of sp³-hybridized carbons (Fsp3) is 0.0455. The van der Waals surface area contributed by atoms with Crippen molar-refractivity contribution < 1.29 is 5.11 Å². The van der Waals surface area contributed by atoms with Gasteiger partial charge in [0.05, 0.1) is 23.7 Å². The number of hydrogen-bond donors (Lipinski definition) is 1. The third kappa shape index (κ3) is 2.86. The summed E-state index contributed by atoms with van der Waals surface area (Å²) in [6.07, 6.45) is 0. The normalized spacial score (nSPS) is 10.8. The van der Waals surface area contributed by atoms with E-state index in [-0.39, 0.29) is 6.61 Å². The van der Waals surface area contributed by atoms with E-state index in [0.717, 1.165) is 33.8 Å². The van der Waals surface area contributed by atoms with E-state index in [1.54, 1.807) is 0 Å². The number of nitrogens with zero attached hydrogens (tertiary/aromatic N) is 2. The van der Waals surface area contributed by atoms with E-state index in [2.05, 4.69) is 0 Å². The molecule has 25 heavy (non-hydrogen) atoms. The molecule has 0 spiro atoms. The standard InChI is InChI=1S/C22H18N2O/c25-16-20-21(17-10-4-1-5-11-17)23-24(19-14-8-3-9-15-19)22(20)18-12-6-2-7-13-18/h1-15,25H,16H2. The lowest BCUT2D eigenvalue weighted by atomic mass is 10.0. The Kier molecular flexibility index (Phi) is 4.15. The minimum atomic E-state index is -0.0682. The van der Waals surface area contributed by atoms with Gasteiger partial charge in [0.25, 0.3) is 0 Å². The van der Waals surface area contributed by atoms with E-state index in [9.17, 15) is 5.11 Å². The Morgan fingerprint density at radius 1 is 0.680 bits per heavy atom. The molecular weight excluding hydrogens is 308 g/mol. The van der Waals surface area contributed by atoms with Crippen molar-refractivity contribution in [3.05, 3.63) is 96.6 Å². The molecule has 122 valence electrons. The summed E-state index contributed by atoms with van der Waals surface area (Å²) in [5.41, 5.74) is 5.57. The molecule has 0 unspecified atom stereocenters. The predicted octanol–water partition coefficient (Wildman–Crippen LogP) is 4.70. The molecule has 1 aromatic heterocycles. The van der Waals surface area contributed by atoms with E-state index in [1.807, 2.05) is 95.7 Å². The van der Waals surface area contributed by atoms with Gasteiger partial charge in [-0.2, -0.15) is 5.10 Å². The molecule has 4 aromatic rings. The van der Waals surface area contributed by atoms with Crippen LogP contribution in [0.25, 0.3) is 28.2 Å². The Morgan fingerprint density at radius 2 is 1.20 bits per heavy atom. The Balaban J connectivity index is 2.02. The number of para-hydroxylation sites is 1. The van der Waals surface area contributed by atoms with Crippen LogP contribution in [-0.4, -0.2) is 14.9 Å². The van der Waals surface area contributed by atoms with Crippen molar-refractivity contribution >= 4 is 0 Å². The largest absolute Gasteiger partial charge is 0.392 e. The lowest BCUT2D eigenvalue weighted by Gasteiger charge is -2.09. The van der Waals surface area contributed by atoms with E-state index in [4.69, 9.17) is 5.10 Å². The van der Waals surface area contributed by atoms with Crippen LogP contribution in [0, 0.1) is 0 Å². The Hall–Kier alpha value is -3.17. The van der Waals surface area contributed by atoms with Gasteiger partial charge in [-0.3, -0.25) is 0 Å². The molecule has 0 saturated carbocycles. The Labute approximate surface area is 146 Å². The summed E-state index contributed by atoms with van der Waals surface area (Å²) in [5.74, 6) is 0. The number of aromatic nitrogens is 2. The molecule has 3 nitrogen and oxygen atoms in total. The summed E-state index contributed by atoms with van der Waals surface area (Å²) in [7, 11) is 0. The monoisotopic (exact) mass is 326 g/mol. The number of benzene rings is 3. The van der Waals surface area contributed by atoms with Crippen molar-refractivity contribution in [2.75, 3.05) is 0 Å². The predicted molar refractivity (Wildman–Crippen MR) is 100 cm³/mol. The first-order valence-electron chi connectivity index (χ1n) is 8.27. The molecular formula is C22H18N2O. The summed E-state index contributed by atoms with van der Waals surface area (Å²) in [4.78, 5) is 0. The topological polar surface area (TPSA) is 38.1 Å². The molecule has 0 aliphatic rings. The summed E-state index contributed by atoms with van der Waals surface area (Å²) in [6.45, 7) is -0.0682. The van der Waals surface area contributed by atoms with Gasteiger partial charge in [-0.05, 0) is 12.1 Å². The molecule has 1 heterocycles. The van der Waals surface area contributed by atoms with Crippen LogP contribution < -0.4 is 0 Å². The van der Waals surface area contributed by atoms with Crippen molar-refractivity contribution in [1.29, 1.82) is 0 Å². The van der Waals surface area contributed by atoms with Crippen molar-refractivity contribution in [3.63, 3.8) is 0 Å². The molecule has 0 bridgehead atoms. The van der Waals surface area contributed by atoms with Crippen LogP contribution in [0.2, 0.25) is 0 Å². The first-order valence-corrected chi connectivity index (χ1v) is 8.27. The fourth-order valence-electron chi connectivity index (χ4n) is 3.08. The van der Waals surface area contributed by atoms with Crippen LogP contribution in [0.4, 0.5) is 0 Å². The van der Waals surface area contributed by atoms with Crippen LogP contribution in [0.15, 0.2) is 91.0 Å². The third-order valence-corrected chi connectivity index (χ3v) is 4.24. The van der Waals surface area contributed by atoms with Crippen LogP contribution in [0.5, 0.6) is 0 Å². The molecule has 3 heteroatoms. The summed E-state index contributed by atoms with van der Waals surface area (Å²) < 4.78 is 1.92. The molecule has 3 aromatic carbocycles. The highest BCUT2D eigenvalue weighted by molar-refractivity contribution is 5.75. The maximum atomic E-state index is 10.1. The van der Waals surface area contributed by atoms with Crippen molar-refractivity contribution in [2.24, 2.45) is 0 Å². The van der Waals surface area contributed by atoms with E-state index >= 15 is 0 Å². The van der Waals surface area contributed by atoms with Gasteiger partial charge >= 0.3 is 0 Å². The SMILES string of the molecule is OCc1c(-c2ccccc2)nn(-c2ccccc2)c1-c1ccccc1. The van der Waals surface area contributed by atoms with Gasteiger partial charge in [0.2, 0.25) is 0 Å². The van der Waals surface area contributed by atoms with Gasteiger partial charge in [0.15, 0.2) is 0 Å². The Bertz CT molecular complexity index is 961. The second-order valence-electron chi connectivity index (χ2n) is 5.81. The second-order valence-corrected chi connectivity index (χ2v) is 5.81. The minimum absolute atomic E-state index is 0.0682. The van der Waals surface area contributed by atoms with E-state index < -0.39 is 0 Å². The van der Waals surface area contributed by atoms with Crippen molar-refractivity contribution in [1.82, 2.24) is 9.78 Å². The minimum Gasteiger partial charge on any atom is -0.392 e. The van der Waals surface area contributed by atoms with Gasteiger partial charge in [0.1, 0.15) is 0 Å². The smallest absolute Gasteiger partial charge is 0.0989 e. The summed E-state index contributed by atoms with van der Waals surface area (Å²) in [5, 5.41) is 15.0.